The molecule has 0 N–H and O–H groups in total. The largest absolute Gasteiger partial charge is 0.300 e. The van der Waals surface area contributed by atoms with Crippen LogP contribution in [0.15, 0.2) is 24.3 Å². The van der Waals surface area contributed by atoms with Crippen molar-refractivity contribution in [2.75, 3.05) is 11.7 Å². The third-order valence-electron chi connectivity index (χ3n) is 2.41. The molecule has 0 aromatic heterocycles. The van der Waals surface area contributed by atoms with Crippen LogP contribution < -0.4 is 5.06 Å². The minimum absolute atomic E-state index is 0.0593. The van der Waals surface area contributed by atoms with E-state index in [4.69, 9.17) is 4.84 Å². The van der Waals surface area contributed by atoms with Gasteiger partial charge in [0.1, 0.15) is 5.78 Å². The third-order valence-corrected chi connectivity index (χ3v) is 2.41. The average molecular weight is 219 g/mol. The van der Waals surface area contributed by atoms with Gasteiger partial charge in [-0.25, -0.2) is 0 Å². The van der Waals surface area contributed by atoms with Crippen molar-refractivity contribution in [2.45, 2.75) is 19.8 Å². The maximum absolute atomic E-state index is 11.5. The zero-order valence-corrected chi connectivity index (χ0v) is 9.10. The molecule has 4 nitrogen and oxygen atoms in total. The fourth-order valence-corrected chi connectivity index (χ4v) is 1.73. The maximum Gasteiger partial charge on any atom is 0.253 e. The van der Waals surface area contributed by atoms with Crippen LogP contribution in [0.3, 0.4) is 0 Å². The van der Waals surface area contributed by atoms with Gasteiger partial charge in [0.05, 0.1) is 18.7 Å². The van der Waals surface area contributed by atoms with Gasteiger partial charge in [0.25, 0.3) is 5.91 Å². The van der Waals surface area contributed by atoms with Gasteiger partial charge in [-0.05, 0) is 18.6 Å². The third kappa shape index (κ3) is 2.12. The standard InChI is InChI=1S/C12H13NO3/c1-9(14)8-10-4-2-3-5-11(10)13-12(15)6-7-16-13/h2-5H,6-8H2,1H3. The number of nitrogens with zero attached hydrogens (tertiary/aromatic N) is 1. The summed E-state index contributed by atoms with van der Waals surface area (Å²) in [5.74, 6) is 0.00935. The second-order valence-electron chi connectivity index (χ2n) is 3.78. The number of amides is 1. The van der Waals surface area contributed by atoms with Crippen molar-refractivity contribution in [3.8, 4) is 0 Å². The topological polar surface area (TPSA) is 46.6 Å². The predicted octanol–water partition coefficient (Wildman–Crippen LogP) is 1.49. The summed E-state index contributed by atoms with van der Waals surface area (Å²) in [6.07, 6.45) is 0.720. The predicted molar refractivity (Wildman–Crippen MR) is 58.9 cm³/mol. The zero-order valence-electron chi connectivity index (χ0n) is 9.10. The first kappa shape index (κ1) is 10.8. The lowest BCUT2D eigenvalue weighted by atomic mass is 10.1. The van der Waals surface area contributed by atoms with Crippen LogP contribution in [0.4, 0.5) is 5.69 Å². The highest BCUT2D eigenvalue weighted by atomic mass is 16.7. The number of hydroxylamine groups is 1. The van der Waals surface area contributed by atoms with Gasteiger partial charge in [-0.15, -0.1) is 0 Å². The van der Waals surface area contributed by atoms with Crippen molar-refractivity contribution in [3.05, 3.63) is 29.8 Å². The van der Waals surface area contributed by atoms with Gasteiger partial charge in [-0.3, -0.25) is 14.4 Å². The molecule has 1 heterocycles. The number of Topliss-reactive ketones (excluding diaryl/α,β-unsaturated/α-hetero) is 1. The Labute approximate surface area is 93.8 Å². The second-order valence-corrected chi connectivity index (χ2v) is 3.78. The molecule has 4 heteroatoms. The number of carbonyl (C=O) groups excluding carboxylic acids is 2. The summed E-state index contributed by atoms with van der Waals surface area (Å²) >= 11 is 0. The van der Waals surface area contributed by atoms with Crippen LogP contribution in [0.2, 0.25) is 0 Å². The Hall–Kier alpha value is -1.68. The van der Waals surface area contributed by atoms with Gasteiger partial charge in [0.2, 0.25) is 0 Å². The molecule has 84 valence electrons. The van der Waals surface area contributed by atoms with Crippen molar-refractivity contribution in [1.29, 1.82) is 0 Å². The normalized spacial score (nSPS) is 15.6. The number of hydrogen-bond acceptors (Lipinski definition) is 3. The van der Waals surface area contributed by atoms with Gasteiger partial charge >= 0.3 is 0 Å². The minimum atomic E-state index is -0.0593. The molecular formula is C12H13NO3. The van der Waals surface area contributed by atoms with E-state index in [0.717, 1.165) is 5.56 Å². The van der Waals surface area contributed by atoms with Crippen LogP contribution >= 0.6 is 0 Å². The van der Waals surface area contributed by atoms with Crippen molar-refractivity contribution in [3.63, 3.8) is 0 Å². The van der Waals surface area contributed by atoms with E-state index in [1.54, 1.807) is 6.07 Å². The first-order valence-electron chi connectivity index (χ1n) is 5.21. The Morgan fingerprint density at radius 3 is 2.81 bits per heavy atom. The van der Waals surface area contributed by atoms with E-state index >= 15 is 0 Å². The molecular weight excluding hydrogens is 206 g/mol. The Morgan fingerprint density at radius 2 is 2.19 bits per heavy atom. The van der Waals surface area contributed by atoms with Crippen LogP contribution in [0.25, 0.3) is 0 Å². The fraction of sp³-hybridized carbons (Fsp3) is 0.333. The maximum atomic E-state index is 11.5. The number of carbonyl (C=O) groups is 2. The molecule has 1 fully saturated rings. The molecule has 1 amide bonds. The van der Waals surface area contributed by atoms with Crippen LogP contribution in [0, 0.1) is 0 Å². The number of ketones is 1. The average Bonchev–Trinajstić information content (AvgIpc) is 2.64. The molecule has 2 rings (SSSR count). The molecule has 0 atom stereocenters. The summed E-state index contributed by atoms with van der Waals surface area (Å²) in [6, 6.07) is 7.31. The highest BCUT2D eigenvalue weighted by Gasteiger charge is 2.25. The molecule has 0 bridgehead atoms. The van der Waals surface area contributed by atoms with Gasteiger partial charge in [-0.1, -0.05) is 18.2 Å². The molecule has 0 unspecified atom stereocenters. The SMILES string of the molecule is CC(=O)Cc1ccccc1N1OCCC1=O. The smallest absolute Gasteiger partial charge is 0.253 e. The molecule has 1 aromatic rings. The van der Waals surface area contributed by atoms with Crippen LogP contribution in [0.1, 0.15) is 18.9 Å². The lowest BCUT2D eigenvalue weighted by molar-refractivity contribution is -0.119. The minimum Gasteiger partial charge on any atom is -0.300 e. The van der Waals surface area contributed by atoms with Crippen LogP contribution in [-0.2, 0) is 20.8 Å². The van der Waals surface area contributed by atoms with E-state index < -0.39 is 0 Å². The molecule has 1 aromatic carbocycles. The van der Waals surface area contributed by atoms with E-state index in [0.29, 0.717) is 25.1 Å². The molecule has 1 saturated heterocycles. The van der Waals surface area contributed by atoms with Crippen molar-refractivity contribution in [1.82, 2.24) is 0 Å². The van der Waals surface area contributed by atoms with Crippen molar-refractivity contribution in [2.24, 2.45) is 0 Å². The summed E-state index contributed by atoms with van der Waals surface area (Å²) in [6.45, 7) is 1.94. The van der Waals surface area contributed by atoms with E-state index in [1.807, 2.05) is 18.2 Å². The molecule has 0 spiro atoms. The highest BCUT2D eigenvalue weighted by molar-refractivity contribution is 5.94. The van der Waals surface area contributed by atoms with E-state index in [-0.39, 0.29) is 11.7 Å². The van der Waals surface area contributed by atoms with Crippen molar-refractivity contribution < 1.29 is 14.4 Å². The van der Waals surface area contributed by atoms with Gasteiger partial charge in [-0.2, -0.15) is 5.06 Å². The number of para-hydroxylation sites is 1. The first-order chi connectivity index (χ1) is 7.68. The van der Waals surface area contributed by atoms with Gasteiger partial charge in [0, 0.05) is 6.42 Å². The molecule has 1 aliphatic heterocycles. The summed E-state index contributed by atoms with van der Waals surface area (Å²) in [5, 5.41) is 1.29. The Bertz CT molecular complexity index is 428. The zero-order chi connectivity index (χ0) is 11.5. The lowest BCUT2D eigenvalue weighted by Gasteiger charge is -2.17. The van der Waals surface area contributed by atoms with Crippen LogP contribution in [-0.4, -0.2) is 18.3 Å². The van der Waals surface area contributed by atoms with Gasteiger partial charge in [0.15, 0.2) is 0 Å². The quantitative estimate of drug-likeness (QED) is 0.773. The number of hydrogen-bond donors (Lipinski definition) is 0. The summed E-state index contributed by atoms with van der Waals surface area (Å²) in [4.78, 5) is 27.9. The molecule has 16 heavy (non-hydrogen) atoms. The molecule has 0 radical (unpaired) electrons. The second kappa shape index (κ2) is 4.45. The fourth-order valence-electron chi connectivity index (χ4n) is 1.73. The molecule has 1 aliphatic rings. The Morgan fingerprint density at radius 1 is 1.44 bits per heavy atom. The molecule has 0 aliphatic carbocycles. The summed E-state index contributed by atoms with van der Waals surface area (Å²) in [5.41, 5.74) is 1.51. The monoisotopic (exact) mass is 219 g/mol. The van der Waals surface area contributed by atoms with Crippen LogP contribution in [0.5, 0.6) is 0 Å². The number of anilines is 1. The van der Waals surface area contributed by atoms with Crippen molar-refractivity contribution >= 4 is 17.4 Å². The van der Waals surface area contributed by atoms with E-state index in [2.05, 4.69) is 0 Å². The van der Waals surface area contributed by atoms with E-state index in [9.17, 15) is 9.59 Å². The molecule has 0 saturated carbocycles. The Balaban J connectivity index is 2.32. The lowest BCUT2D eigenvalue weighted by Crippen LogP contribution is -2.23. The van der Waals surface area contributed by atoms with E-state index in [1.165, 1.54) is 12.0 Å². The highest BCUT2D eigenvalue weighted by Crippen LogP contribution is 2.24. The number of benzene rings is 1. The van der Waals surface area contributed by atoms with Gasteiger partial charge < -0.3 is 0 Å². The number of rotatable bonds is 3. The first-order valence-corrected chi connectivity index (χ1v) is 5.21. The summed E-state index contributed by atoms with van der Waals surface area (Å²) in [7, 11) is 0. The Kier molecular flexibility index (Phi) is 3.01. The summed E-state index contributed by atoms with van der Waals surface area (Å²) < 4.78 is 0.